The van der Waals surface area contributed by atoms with E-state index in [1.165, 1.54) is 0 Å². The fourth-order valence-electron chi connectivity index (χ4n) is 1.12. The number of hydrogen-bond acceptors (Lipinski definition) is 4. The Morgan fingerprint density at radius 2 is 2.33 bits per heavy atom. The van der Waals surface area contributed by atoms with Crippen LogP contribution in [-0.4, -0.2) is 31.1 Å². The summed E-state index contributed by atoms with van der Waals surface area (Å²) in [5, 5.41) is 7.33. The monoisotopic (exact) mass is 209 g/mol. The molecular formula is C10H15N3O2. The van der Waals surface area contributed by atoms with Gasteiger partial charge in [0.05, 0.1) is 19.8 Å². The summed E-state index contributed by atoms with van der Waals surface area (Å²) < 4.78 is 10.2. The van der Waals surface area contributed by atoms with Gasteiger partial charge in [0.25, 0.3) is 0 Å². The molecule has 0 amide bonds. The highest BCUT2D eigenvalue weighted by molar-refractivity contribution is 5.94. The van der Waals surface area contributed by atoms with Crippen molar-refractivity contribution >= 4 is 5.84 Å². The third kappa shape index (κ3) is 3.65. The fraction of sp³-hybridized carbons (Fsp3) is 0.400. The molecule has 5 heteroatoms. The fourth-order valence-corrected chi connectivity index (χ4v) is 1.12. The molecule has 1 aromatic rings. The number of nitrogen functional groups attached to an aromatic ring is 1. The van der Waals surface area contributed by atoms with Gasteiger partial charge in [0.2, 0.25) is 0 Å². The number of ether oxygens (including phenoxy) is 2. The molecule has 15 heavy (non-hydrogen) atoms. The Labute approximate surface area is 88.7 Å². The van der Waals surface area contributed by atoms with E-state index in [2.05, 4.69) is 4.98 Å². The summed E-state index contributed by atoms with van der Waals surface area (Å²) in [6.07, 6.45) is 1.61. The summed E-state index contributed by atoms with van der Waals surface area (Å²) in [5.74, 6) is -0.0408. The van der Waals surface area contributed by atoms with Crippen molar-refractivity contribution in [1.29, 1.82) is 5.41 Å². The summed E-state index contributed by atoms with van der Waals surface area (Å²) in [5.41, 5.74) is 6.69. The Kier molecular flexibility index (Phi) is 4.73. The molecule has 0 aliphatic carbocycles. The number of aromatic nitrogens is 1. The maximum atomic E-state index is 7.33. The van der Waals surface area contributed by atoms with Crippen molar-refractivity contribution in [2.45, 2.75) is 6.61 Å². The molecule has 0 spiro atoms. The van der Waals surface area contributed by atoms with E-state index in [-0.39, 0.29) is 5.84 Å². The van der Waals surface area contributed by atoms with Gasteiger partial charge in [-0.2, -0.15) is 0 Å². The van der Waals surface area contributed by atoms with Crippen molar-refractivity contribution in [3.63, 3.8) is 0 Å². The Hall–Kier alpha value is -1.46. The molecule has 0 aromatic carbocycles. The Balaban J connectivity index is 2.56. The van der Waals surface area contributed by atoms with Crippen LogP contribution in [0, 0.1) is 5.41 Å². The highest BCUT2D eigenvalue weighted by atomic mass is 16.5. The number of hydrogen-bond donors (Lipinski definition) is 2. The lowest BCUT2D eigenvalue weighted by molar-refractivity contribution is 0.0615. The highest BCUT2D eigenvalue weighted by Crippen LogP contribution is 2.05. The smallest absolute Gasteiger partial charge is 0.142 e. The largest absolute Gasteiger partial charge is 0.382 e. The topological polar surface area (TPSA) is 81.2 Å². The van der Waals surface area contributed by atoms with Crippen molar-refractivity contribution in [2.75, 3.05) is 20.3 Å². The minimum absolute atomic E-state index is 0.0408. The van der Waals surface area contributed by atoms with Gasteiger partial charge >= 0.3 is 0 Å². The number of methoxy groups -OCH3 is 1. The molecule has 1 heterocycles. The SMILES string of the molecule is COCCOCc1cccnc1C(=N)N. The molecule has 82 valence electrons. The third-order valence-electron chi connectivity index (χ3n) is 1.84. The molecule has 0 aliphatic rings. The van der Waals surface area contributed by atoms with Crippen LogP contribution in [0.25, 0.3) is 0 Å². The summed E-state index contributed by atoms with van der Waals surface area (Å²) in [6, 6.07) is 3.64. The van der Waals surface area contributed by atoms with Crippen LogP contribution in [0.15, 0.2) is 18.3 Å². The standard InChI is InChI=1S/C10H15N3O2/c1-14-5-6-15-7-8-3-2-4-13-9(8)10(11)12/h2-4H,5-7H2,1H3,(H3,11,12). The predicted molar refractivity (Wildman–Crippen MR) is 56.8 cm³/mol. The van der Waals surface area contributed by atoms with Crippen molar-refractivity contribution in [2.24, 2.45) is 5.73 Å². The van der Waals surface area contributed by atoms with E-state index in [1.54, 1.807) is 19.4 Å². The van der Waals surface area contributed by atoms with E-state index in [0.29, 0.717) is 25.5 Å². The second kappa shape index (κ2) is 6.10. The Morgan fingerprint density at radius 1 is 1.53 bits per heavy atom. The van der Waals surface area contributed by atoms with Crippen LogP contribution in [0.5, 0.6) is 0 Å². The average molecular weight is 209 g/mol. The lowest BCUT2D eigenvalue weighted by Gasteiger charge is -2.07. The first kappa shape index (κ1) is 11.6. The zero-order valence-electron chi connectivity index (χ0n) is 8.69. The van der Waals surface area contributed by atoms with Gasteiger partial charge in [-0.1, -0.05) is 6.07 Å². The summed E-state index contributed by atoms with van der Waals surface area (Å²) >= 11 is 0. The number of pyridine rings is 1. The lowest BCUT2D eigenvalue weighted by atomic mass is 10.2. The van der Waals surface area contributed by atoms with Crippen LogP contribution in [-0.2, 0) is 16.1 Å². The molecule has 0 saturated heterocycles. The predicted octanol–water partition coefficient (Wildman–Crippen LogP) is 0.529. The summed E-state index contributed by atoms with van der Waals surface area (Å²) in [6.45, 7) is 1.46. The zero-order valence-corrected chi connectivity index (χ0v) is 8.69. The molecule has 0 bridgehead atoms. The van der Waals surface area contributed by atoms with Crippen LogP contribution < -0.4 is 5.73 Å². The van der Waals surface area contributed by atoms with Crippen LogP contribution in [0.4, 0.5) is 0 Å². The summed E-state index contributed by atoms with van der Waals surface area (Å²) in [7, 11) is 1.62. The Bertz CT molecular complexity index is 328. The van der Waals surface area contributed by atoms with Crippen molar-refractivity contribution in [1.82, 2.24) is 4.98 Å². The van der Waals surface area contributed by atoms with Crippen LogP contribution >= 0.6 is 0 Å². The number of rotatable bonds is 6. The minimum atomic E-state index is -0.0408. The van der Waals surface area contributed by atoms with Gasteiger partial charge < -0.3 is 15.2 Å². The summed E-state index contributed by atoms with van der Waals surface area (Å²) in [4.78, 5) is 4.02. The first-order valence-corrected chi connectivity index (χ1v) is 4.60. The molecule has 5 nitrogen and oxygen atoms in total. The average Bonchev–Trinajstić information content (AvgIpc) is 2.25. The highest BCUT2D eigenvalue weighted by Gasteiger charge is 2.05. The maximum absolute atomic E-state index is 7.33. The van der Waals surface area contributed by atoms with E-state index in [9.17, 15) is 0 Å². The minimum Gasteiger partial charge on any atom is -0.382 e. The third-order valence-corrected chi connectivity index (χ3v) is 1.84. The molecule has 1 aromatic heterocycles. The molecule has 0 aliphatic heterocycles. The van der Waals surface area contributed by atoms with Gasteiger partial charge in [0, 0.05) is 18.9 Å². The van der Waals surface area contributed by atoms with Crippen LogP contribution in [0.3, 0.4) is 0 Å². The van der Waals surface area contributed by atoms with Gasteiger partial charge in [-0.25, -0.2) is 0 Å². The van der Waals surface area contributed by atoms with Crippen LogP contribution in [0.1, 0.15) is 11.3 Å². The van der Waals surface area contributed by atoms with E-state index in [4.69, 9.17) is 20.6 Å². The molecule has 0 radical (unpaired) electrons. The molecule has 0 saturated carbocycles. The molecule has 0 fully saturated rings. The zero-order chi connectivity index (χ0) is 11.1. The van der Waals surface area contributed by atoms with Gasteiger partial charge in [0.1, 0.15) is 11.5 Å². The number of nitrogens with two attached hydrogens (primary N) is 1. The van der Waals surface area contributed by atoms with E-state index in [0.717, 1.165) is 5.56 Å². The van der Waals surface area contributed by atoms with Gasteiger partial charge in [0.15, 0.2) is 0 Å². The first-order valence-electron chi connectivity index (χ1n) is 4.60. The molecular weight excluding hydrogens is 194 g/mol. The molecule has 3 N–H and O–H groups in total. The second-order valence-electron chi connectivity index (χ2n) is 2.97. The van der Waals surface area contributed by atoms with Crippen LogP contribution in [0.2, 0.25) is 0 Å². The van der Waals surface area contributed by atoms with E-state index >= 15 is 0 Å². The number of nitrogens with zero attached hydrogens (tertiary/aromatic N) is 1. The van der Waals surface area contributed by atoms with Crippen molar-refractivity contribution in [3.8, 4) is 0 Å². The van der Waals surface area contributed by atoms with Gasteiger partial charge in [-0.05, 0) is 6.07 Å². The van der Waals surface area contributed by atoms with Gasteiger partial charge in [-0.15, -0.1) is 0 Å². The molecule has 0 unspecified atom stereocenters. The first-order chi connectivity index (χ1) is 7.25. The van der Waals surface area contributed by atoms with E-state index in [1.807, 2.05) is 6.07 Å². The normalized spacial score (nSPS) is 10.2. The number of amidine groups is 1. The molecule has 0 atom stereocenters. The second-order valence-corrected chi connectivity index (χ2v) is 2.97. The van der Waals surface area contributed by atoms with E-state index < -0.39 is 0 Å². The van der Waals surface area contributed by atoms with Crippen molar-refractivity contribution < 1.29 is 9.47 Å². The molecule has 1 rings (SSSR count). The Morgan fingerprint density at radius 3 is 3.00 bits per heavy atom. The quantitative estimate of drug-likeness (QED) is 0.407. The van der Waals surface area contributed by atoms with Gasteiger partial charge in [-0.3, -0.25) is 10.4 Å². The number of nitrogens with one attached hydrogen (secondary N) is 1. The van der Waals surface area contributed by atoms with Crippen molar-refractivity contribution in [3.05, 3.63) is 29.6 Å². The maximum Gasteiger partial charge on any atom is 0.142 e. The lowest BCUT2D eigenvalue weighted by Crippen LogP contribution is -2.16.